The Morgan fingerprint density at radius 2 is 2.16 bits per heavy atom. The lowest BCUT2D eigenvalue weighted by atomic mass is 10.1. The maximum absolute atomic E-state index is 6.27. The van der Waals surface area contributed by atoms with Gasteiger partial charge >= 0.3 is 0 Å². The van der Waals surface area contributed by atoms with Crippen LogP contribution in [0.5, 0.6) is 0 Å². The van der Waals surface area contributed by atoms with Crippen molar-refractivity contribution in [3.63, 3.8) is 0 Å². The minimum Gasteiger partial charge on any atom is -0.382 e. The average Bonchev–Trinajstić information content (AvgIpc) is 2.61. The first-order valence-electron chi connectivity index (χ1n) is 6.58. The second-order valence-corrected chi connectivity index (χ2v) is 4.87. The van der Waals surface area contributed by atoms with Crippen LogP contribution >= 0.6 is 11.6 Å². The Hall–Kier alpha value is -0.620. The van der Waals surface area contributed by atoms with Gasteiger partial charge in [0.15, 0.2) is 0 Å². The molecule has 0 saturated heterocycles. The Balaban J connectivity index is 2.56. The van der Waals surface area contributed by atoms with Crippen LogP contribution in [0.3, 0.4) is 0 Å². The summed E-state index contributed by atoms with van der Waals surface area (Å²) in [7, 11) is 3.59. The lowest BCUT2D eigenvalue weighted by molar-refractivity contribution is 0.0587. The fraction of sp³-hybridized carbons (Fsp3) is 0.769. The van der Waals surface area contributed by atoms with E-state index in [-0.39, 0.29) is 6.04 Å². The summed E-state index contributed by atoms with van der Waals surface area (Å²) in [6, 6.07) is 0.231. The second-order valence-electron chi connectivity index (χ2n) is 4.50. The molecule has 0 aliphatic heterocycles. The molecule has 6 heteroatoms. The van der Waals surface area contributed by atoms with E-state index in [1.807, 2.05) is 18.7 Å². The monoisotopic (exact) mass is 289 g/mol. The number of rotatable bonds is 9. The van der Waals surface area contributed by atoms with Crippen molar-refractivity contribution in [2.75, 3.05) is 33.5 Å². The molecule has 5 nitrogen and oxygen atoms in total. The summed E-state index contributed by atoms with van der Waals surface area (Å²) in [5.41, 5.74) is 1.91. The largest absolute Gasteiger partial charge is 0.382 e. The summed E-state index contributed by atoms with van der Waals surface area (Å²) in [5, 5.41) is 8.49. The van der Waals surface area contributed by atoms with E-state index in [0.29, 0.717) is 19.8 Å². The zero-order chi connectivity index (χ0) is 14.3. The summed E-state index contributed by atoms with van der Waals surface area (Å²) in [4.78, 5) is 0. The quantitative estimate of drug-likeness (QED) is 0.701. The number of hydrogen-bond donors (Lipinski definition) is 1. The highest BCUT2D eigenvalue weighted by Gasteiger charge is 2.16. The van der Waals surface area contributed by atoms with Crippen molar-refractivity contribution in [2.24, 2.45) is 7.05 Å². The highest BCUT2D eigenvalue weighted by atomic mass is 35.5. The third-order valence-corrected chi connectivity index (χ3v) is 3.44. The molecule has 1 N–H and O–H groups in total. The minimum atomic E-state index is 0.231. The van der Waals surface area contributed by atoms with Crippen LogP contribution in [0.4, 0.5) is 0 Å². The molecule has 1 aromatic rings. The van der Waals surface area contributed by atoms with Crippen molar-refractivity contribution < 1.29 is 9.47 Å². The number of likely N-dealkylation sites (N-methyl/N-ethyl adjacent to an activating group) is 1. The number of ether oxygens (including phenoxy) is 2. The SMILES string of the molecule is CCNC(COCCOC)Cc1c(Cl)c(C)nn1C. The molecule has 110 valence electrons. The third kappa shape index (κ3) is 5.10. The molecule has 0 aliphatic rings. The number of halogens is 1. The second kappa shape index (κ2) is 8.53. The fourth-order valence-electron chi connectivity index (χ4n) is 1.98. The lowest BCUT2D eigenvalue weighted by Gasteiger charge is -2.18. The Morgan fingerprint density at radius 1 is 1.42 bits per heavy atom. The molecule has 1 heterocycles. The van der Waals surface area contributed by atoms with Crippen LogP contribution in [0.1, 0.15) is 18.3 Å². The number of methoxy groups -OCH3 is 1. The Kier molecular flexibility index (Phi) is 7.38. The number of aromatic nitrogens is 2. The van der Waals surface area contributed by atoms with Crippen molar-refractivity contribution in [1.29, 1.82) is 0 Å². The summed E-state index contributed by atoms with van der Waals surface area (Å²) in [6.07, 6.45) is 0.803. The molecule has 0 radical (unpaired) electrons. The summed E-state index contributed by atoms with van der Waals surface area (Å²) in [5.74, 6) is 0. The van der Waals surface area contributed by atoms with Crippen LogP contribution in [-0.2, 0) is 22.9 Å². The van der Waals surface area contributed by atoms with Gasteiger partial charge in [-0.05, 0) is 13.5 Å². The smallest absolute Gasteiger partial charge is 0.0847 e. The van der Waals surface area contributed by atoms with Gasteiger partial charge in [0.05, 0.1) is 36.2 Å². The molecular weight excluding hydrogens is 266 g/mol. The van der Waals surface area contributed by atoms with Gasteiger partial charge in [-0.15, -0.1) is 0 Å². The van der Waals surface area contributed by atoms with E-state index in [4.69, 9.17) is 21.1 Å². The van der Waals surface area contributed by atoms with Gasteiger partial charge in [-0.3, -0.25) is 4.68 Å². The molecule has 0 aromatic carbocycles. The van der Waals surface area contributed by atoms with Crippen molar-refractivity contribution in [2.45, 2.75) is 26.3 Å². The van der Waals surface area contributed by atoms with Crippen LogP contribution in [0.25, 0.3) is 0 Å². The zero-order valence-electron chi connectivity index (χ0n) is 12.2. The first kappa shape index (κ1) is 16.4. The summed E-state index contributed by atoms with van der Waals surface area (Å²) < 4.78 is 12.4. The molecule has 0 amide bonds. The third-order valence-electron chi connectivity index (χ3n) is 2.95. The molecule has 0 aliphatic carbocycles. The summed E-state index contributed by atoms with van der Waals surface area (Å²) >= 11 is 6.27. The molecule has 1 atom stereocenters. The van der Waals surface area contributed by atoms with Gasteiger partial charge in [0.1, 0.15) is 0 Å². The maximum atomic E-state index is 6.27. The molecule has 19 heavy (non-hydrogen) atoms. The molecule has 0 fully saturated rings. The molecule has 0 bridgehead atoms. The van der Waals surface area contributed by atoms with Gasteiger partial charge in [0, 0.05) is 26.6 Å². The normalized spacial score (nSPS) is 12.9. The zero-order valence-corrected chi connectivity index (χ0v) is 13.0. The van der Waals surface area contributed by atoms with E-state index in [0.717, 1.165) is 29.4 Å². The van der Waals surface area contributed by atoms with Crippen molar-refractivity contribution >= 4 is 11.6 Å². The van der Waals surface area contributed by atoms with Gasteiger partial charge < -0.3 is 14.8 Å². The van der Waals surface area contributed by atoms with Crippen LogP contribution in [-0.4, -0.2) is 49.3 Å². The minimum absolute atomic E-state index is 0.231. The van der Waals surface area contributed by atoms with Gasteiger partial charge in [-0.1, -0.05) is 18.5 Å². The molecule has 1 rings (SSSR count). The van der Waals surface area contributed by atoms with E-state index in [2.05, 4.69) is 17.3 Å². The van der Waals surface area contributed by atoms with Crippen LogP contribution in [0.15, 0.2) is 0 Å². The first-order valence-corrected chi connectivity index (χ1v) is 6.96. The van der Waals surface area contributed by atoms with Crippen LogP contribution in [0, 0.1) is 6.92 Å². The van der Waals surface area contributed by atoms with Gasteiger partial charge in [0.25, 0.3) is 0 Å². The van der Waals surface area contributed by atoms with Crippen molar-refractivity contribution in [3.8, 4) is 0 Å². The van der Waals surface area contributed by atoms with E-state index < -0.39 is 0 Å². The van der Waals surface area contributed by atoms with E-state index in [1.165, 1.54) is 0 Å². The Morgan fingerprint density at radius 3 is 2.68 bits per heavy atom. The topological polar surface area (TPSA) is 48.3 Å². The average molecular weight is 290 g/mol. The number of nitrogens with zero attached hydrogens (tertiary/aromatic N) is 2. The standard InChI is InChI=1S/C13H24ClN3O2/c1-5-15-11(9-19-7-6-18-4)8-12-13(14)10(2)16-17(12)3/h11,15H,5-9H2,1-4H3. The number of aryl methyl sites for hydroxylation is 2. The highest BCUT2D eigenvalue weighted by Crippen LogP contribution is 2.20. The van der Waals surface area contributed by atoms with Gasteiger partial charge in [-0.2, -0.15) is 5.10 Å². The Bertz CT molecular complexity index is 382. The Labute approximate surface area is 120 Å². The van der Waals surface area contributed by atoms with Crippen molar-refractivity contribution in [3.05, 3.63) is 16.4 Å². The lowest BCUT2D eigenvalue weighted by Crippen LogP contribution is -2.36. The van der Waals surface area contributed by atoms with E-state index >= 15 is 0 Å². The molecule has 1 unspecified atom stereocenters. The van der Waals surface area contributed by atoms with Gasteiger partial charge in [-0.25, -0.2) is 0 Å². The predicted molar refractivity (Wildman–Crippen MR) is 76.8 cm³/mol. The number of nitrogens with one attached hydrogen (secondary N) is 1. The van der Waals surface area contributed by atoms with E-state index in [1.54, 1.807) is 7.11 Å². The fourth-order valence-corrected chi connectivity index (χ4v) is 2.22. The predicted octanol–water partition coefficient (Wildman–Crippen LogP) is 1.57. The molecular formula is C13H24ClN3O2. The van der Waals surface area contributed by atoms with Crippen LogP contribution in [0.2, 0.25) is 5.02 Å². The van der Waals surface area contributed by atoms with Crippen LogP contribution < -0.4 is 5.32 Å². The summed E-state index contributed by atoms with van der Waals surface area (Å²) in [6.45, 7) is 6.76. The van der Waals surface area contributed by atoms with E-state index in [9.17, 15) is 0 Å². The van der Waals surface area contributed by atoms with Gasteiger partial charge in [0.2, 0.25) is 0 Å². The maximum Gasteiger partial charge on any atom is 0.0847 e. The highest BCUT2D eigenvalue weighted by molar-refractivity contribution is 6.31. The van der Waals surface area contributed by atoms with Crippen molar-refractivity contribution in [1.82, 2.24) is 15.1 Å². The molecule has 1 aromatic heterocycles. The first-order chi connectivity index (χ1) is 9.10. The molecule has 0 spiro atoms. The number of hydrogen-bond acceptors (Lipinski definition) is 4. The molecule has 0 saturated carbocycles.